The highest BCUT2D eigenvalue weighted by Gasteiger charge is 2.26. The fraction of sp³-hybridized carbons (Fsp3) is 0.385. The lowest BCUT2D eigenvalue weighted by Gasteiger charge is -2.35. The van der Waals surface area contributed by atoms with Gasteiger partial charge >= 0.3 is 0 Å². The summed E-state index contributed by atoms with van der Waals surface area (Å²) in [4.78, 5) is 19.5. The van der Waals surface area contributed by atoms with Crippen molar-refractivity contribution in [2.45, 2.75) is 25.3 Å². The number of rotatable bonds is 2. The molecule has 3 heterocycles. The van der Waals surface area contributed by atoms with E-state index in [-0.39, 0.29) is 6.04 Å². The van der Waals surface area contributed by atoms with Gasteiger partial charge < -0.3 is 4.90 Å². The summed E-state index contributed by atoms with van der Waals surface area (Å²) in [6, 6.07) is 2.07. The molecule has 0 saturated carbocycles. The molecule has 5 nitrogen and oxygen atoms in total. The van der Waals surface area contributed by atoms with Gasteiger partial charge in [0.25, 0.3) is 0 Å². The van der Waals surface area contributed by atoms with Gasteiger partial charge in [-0.1, -0.05) is 0 Å². The standard InChI is InChI=1S/C13H15N5/c1-2-9-18(12-10-14-7-8-15-12)11(4-1)13-16-5-3-6-17-13/h3,5-8,10-11H,1-2,4,9H2. The van der Waals surface area contributed by atoms with Crippen LogP contribution in [0.25, 0.3) is 0 Å². The first-order valence-corrected chi connectivity index (χ1v) is 6.25. The summed E-state index contributed by atoms with van der Waals surface area (Å²) in [6.07, 6.45) is 12.3. The van der Waals surface area contributed by atoms with Gasteiger partial charge in [-0.2, -0.15) is 0 Å². The lowest BCUT2D eigenvalue weighted by Crippen LogP contribution is -2.35. The molecule has 0 aliphatic carbocycles. The fourth-order valence-corrected chi connectivity index (χ4v) is 2.40. The Morgan fingerprint density at radius 1 is 1.00 bits per heavy atom. The summed E-state index contributed by atoms with van der Waals surface area (Å²) < 4.78 is 0. The average molecular weight is 241 g/mol. The van der Waals surface area contributed by atoms with E-state index in [9.17, 15) is 0 Å². The Morgan fingerprint density at radius 2 is 1.89 bits per heavy atom. The first-order valence-electron chi connectivity index (χ1n) is 6.25. The van der Waals surface area contributed by atoms with E-state index in [1.54, 1.807) is 31.0 Å². The summed E-state index contributed by atoms with van der Waals surface area (Å²) in [5.74, 6) is 1.79. The van der Waals surface area contributed by atoms with Gasteiger partial charge in [0.2, 0.25) is 0 Å². The van der Waals surface area contributed by atoms with E-state index < -0.39 is 0 Å². The normalized spacial score (nSPS) is 19.8. The zero-order valence-corrected chi connectivity index (χ0v) is 10.1. The lowest BCUT2D eigenvalue weighted by atomic mass is 10.0. The number of piperidine rings is 1. The average Bonchev–Trinajstić information content (AvgIpc) is 2.49. The van der Waals surface area contributed by atoms with Gasteiger partial charge in [-0.25, -0.2) is 15.0 Å². The number of hydrogen-bond acceptors (Lipinski definition) is 5. The van der Waals surface area contributed by atoms with E-state index >= 15 is 0 Å². The second-order valence-electron chi connectivity index (χ2n) is 4.38. The molecule has 1 unspecified atom stereocenters. The van der Waals surface area contributed by atoms with Crippen LogP contribution in [0.3, 0.4) is 0 Å². The summed E-state index contributed by atoms with van der Waals surface area (Å²) in [6.45, 7) is 0.988. The van der Waals surface area contributed by atoms with E-state index in [1.165, 1.54) is 12.8 Å². The molecule has 2 aromatic heterocycles. The monoisotopic (exact) mass is 241 g/mol. The van der Waals surface area contributed by atoms with E-state index in [4.69, 9.17) is 0 Å². The molecule has 18 heavy (non-hydrogen) atoms. The molecule has 0 amide bonds. The minimum Gasteiger partial charge on any atom is -0.345 e. The minimum atomic E-state index is 0.219. The van der Waals surface area contributed by atoms with E-state index in [0.717, 1.165) is 24.6 Å². The molecule has 1 aliphatic rings. The summed E-state index contributed by atoms with van der Waals surface area (Å²) >= 11 is 0. The second-order valence-corrected chi connectivity index (χ2v) is 4.38. The molecule has 0 radical (unpaired) electrons. The van der Waals surface area contributed by atoms with Crippen LogP contribution in [0, 0.1) is 0 Å². The van der Waals surface area contributed by atoms with Crippen LogP contribution in [0.5, 0.6) is 0 Å². The van der Waals surface area contributed by atoms with Crippen LogP contribution in [-0.4, -0.2) is 26.5 Å². The molecular weight excluding hydrogens is 226 g/mol. The molecule has 92 valence electrons. The van der Waals surface area contributed by atoms with Crippen molar-refractivity contribution in [2.24, 2.45) is 0 Å². The number of hydrogen-bond donors (Lipinski definition) is 0. The first kappa shape index (κ1) is 11.1. The third-order valence-electron chi connectivity index (χ3n) is 3.23. The molecule has 1 atom stereocenters. The molecule has 1 fully saturated rings. The van der Waals surface area contributed by atoms with Crippen LogP contribution in [-0.2, 0) is 0 Å². The molecule has 1 aliphatic heterocycles. The van der Waals surface area contributed by atoms with Gasteiger partial charge in [-0.05, 0) is 25.3 Å². The van der Waals surface area contributed by atoms with E-state index in [1.807, 2.05) is 6.07 Å². The maximum Gasteiger partial charge on any atom is 0.150 e. The SMILES string of the molecule is c1cnc(C2CCCCN2c2cnccn2)nc1. The van der Waals surface area contributed by atoms with Crippen LogP contribution < -0.4 is 4.90 Å². The van der Waals surface area contributed by atoms with Gasteiger partial charge in [0.05, 0.1) is 12.2 Å². The van der Waals surface area contributed by atoms with Gasteiger partial charge in [0.15, 0.2) is 5.82 Å². The van der Waals surface area contributed by atoms with Crippen molar-refractivity contribution in [1.82, 2.24) is 19.9 Å². The van der Waals surface area contributed by atoms with Crippen molar-refractivity contribution in [3.63, 3.8) is 0 Å². The third kappa shape index (κ3) is 2.16. The number of nitrogens with zero attached hydrogens (tertiary/aromatic N) is 5. The van der Waals surface area contributed by atoms with Gasteiger partial charge in [-0.3, -0.25) is 4.98 Å². The van der Waals surface area contributed by atoms with Crippen LogP contribution >= 0.6 is 0 Å². The number of anilines is 1. The Labute approximate surface area is 106 Å². The van der Waals surface area contributed by atoms with E-state index in [2.05, 4.69) is 24.8 Å². The molecule has 0 aromatic carbocycles. The third-order valence-corrected chi connectivity index (χ3v) is 3.23. The second kappa shape index (κ2) is 5.08. The van der Waals surface area contributed by atoms with Crippen molar-refractivity contribution in [1.29, 1.82) is 0 Å². The topological polar surface area (TPSA) is 54.8 Å². The van der Waals surface area contributed by atoms with Crippen molar-refractivity contribution >= 4 is 5.82 Å². The molecule has 3 rings (SSSR count). The zero-order valence-electron chi connectivity index (χ0n) is 10.1. The number of aromatic nitrogens is 4. The molecule has 1 saturated heterocycles. The summed E-state index contributed by atoms with van der Waals surface area (Å²) in [7, 11) is 0. The van der Waals surface area contributed by atoms with Crippen LogP contribution in [0.1, 0.15) is 31.1 Å². The largest absolute Gasteiger partial charge is 0.345 e. The maximum atomic E-state index is 4.39. The van der Waals surface area contributed by atoms with Gasteiger partial charge in [0, 0.05) is 31.3 Å². The van der Waals surface area contributed by atoms with Gasteiger partial charge in [-0.15, -0.1) is 0 Å². The van der Waals surface area contributed by atoms with Crippen molar-refractivity contribution < 1.29 is 0 Å². The zero-order chi connectivity index (χ0) is 12.2. The quantitative estimate of drug-likeness (QED) is 0.805. The first-order chi connectivity index (χ1) is 8.95. The molecule has 0 spiro atoms. The smallest absolute Gasteiger partial charge is 0.150 e. The Hall–Kier alpha value is -2.04. The van der Waals surface area contributed by atoms with Crippen LogP contribution in [0.4, 0.5) is 5.82 Å². The highest BCUT2D eigenvalue weighted by molar-refractivity contribution is 5.38. The van der Waals surface area contributed by atoms with Crippen molar-refractivity contribution in [2.75, 3.05) is 11.4 Å². The molecule has 0 N–H and O–H groups in total. The van der Waals surface area contributed by atoms with Crippen LogP contribution in [0.15, 0.2) is 37.1 Å². The molecule has 2 aromatic rings. The van der Waals surface area contributed by atoms with Crippen LogP contribution in [0.2, 0.25) is 0 Å². The predicted molar refractivity (Wildman–Crippen MR) is 68.0 cm³/mol. The molecular formula is C13H15N5. The Morgan fingerprint density at radius 3 is 2.67 bits per heavy atom. The van der Waals surface area contributed by atoms with Crippen molar-refractivity contribution in [3.8, 4) is 0 Å². The highest BCUT2D eigenvalue weighted by atomic mass is 15.2. The highest BCUT2D eigenvalue weighted by Crippen LogP contribution is 2.31. The minimum absolute atomic E-state index is 0.219. The molecule has 5 heteroatoms. The summed E-state index contributed by atoms with van der Waals surface area (Å²) in [5.41, 5.74) is 0. The Bertz CT molecular complexity index is 440. The summed E-state index contributed by atoms with van der Waals surface area (Å²) in [5, 5.41) is 0. The lowest BCUT2D eigenvalue weighted by molar-refractivity contribution is 0.452. The van der Waals surface area contributed by atoms with E-state index in [0.29, 0.717) is 0 Å². The van der Waals surface area contributed by atoms with Gasteiger partial charge in [0.1, 0.15) is 5.82 Å². The predicted octanol–water partition coefficient (Wildman–Crippen LogP) is 2.00. The fourth-order valence-electron chi connectivity index (χ4n) is 2.40. The Kier molecular flexibility index (Phi) is 3.12. The Balaban J connectivity index is 1.92. The van der Waals surface area contributed by atoms with Crippen molar-refractivity contribution in [3.05, 3.63) is 42.9 Å². The maximum absolute atomic E-state index is 4.39. The molecule has 0 bridgehead atoms.